The molecule has 4 rings (SSSR count). The lowest BCUT2D eigenvalue weighted by Gasteiger charge is -2.15. The Morgan fingerprint density at radius 3 is 2.35 bits per heavy atom. The van der Waals surface area contributed by atoms with Gasteiger partial charge in [0, 0.05) is 24.5 Å². The minimum Gasteiger partial charge on any atom is -0.261 e. The third-order valence-corrected chi connectivity index (χ3v) is 6.02. The molecule has 1 aromatic heterocycles. The van der Waals surface area contributed by atoms with Crippen LogP contribution in [-0.4, -0.2) is 21.2 Å². The van der Waals surface area contributed by atoms with Gasteiger partial charge in [-0.1, -0.05) is 53.7 Å². The molecule has 0 aliphatic heterocycles. The molecule has 0 saturated carbocycles. The van der Waals surface area contributed by atoms with E-state index in [1.807, 2.05) is 59.4 Å². The Bertz CT molecular complexity index is 1090. The summed E-state index contributed by atoms with van der Waals surface area (Å²) in [5.41, 5.74) is 4.03. The summed E-state index contributed by atoms with van der Waals surface area (Å²) in [6, 6.07) is 24.4. The highest BCUT2D eigenvalue weighted by atomic mass is 127. The van der Waals surface area contributed by atoms with Crippen LogP contribution in [-0.2, 0) is 0 Å². The lowest BCUT2D eigenvalue weighted by atomic mass is 10.1. The van der Waals surface area contributed by atoms with Gasteiger partial charge in [-0.15, -0.1) is 5.10 Å². The van der Waals surface area contributed by atoms with Gasteiger partial charge < -0.3 is 0 Å². The molecule has 0 radical (unpaired) electrons. The average molecular weight is 564 g/mol. The summed E-state index contributed by atoms with van der Waals surface area (Å²) in [6.07, 6.45) is 1.65. The quantitative estimate of drug-likeness (QED) is 0.250. The molecular formula is C20H14I2N4. The Hall–Kier alpha value is -1.81. The molecule has 0 spiro atoms. The maximum absolute atomic E-state index is 4.90. The second-order valence-corrected chi connectivity index (χ2v) is 8.04. The normalized spacial score (nSPS) is 12.7. The fraction of sp³-hybridized carbons (Fsp3) is 0.0500. The Labute approximate surface area is 178 Å². The molecule has 0 unspecified atom stereocenters. The molecule has 0 saturated heterocycles. The Balaban J connectivity index is 1.85. The third kappa shape index (κ3) is 3.52. The van der Waals surface area contributed by atoms with Crippen LogP contribution in [0.1, 0.15) is 17.3 Å². The van der Waals surface area contributed by atoms with Gasteiger partial charge in [0.05, 0.1) is 5.52 Å². The fourth-order valence-electron chi connectivity index (χ4n) is 2.76. The zero-order valence-corrected chi connectivity index (χ0v) is 17.9. The molecule has 1 heterocycles. The Morgan fingerprint density at radius 2 is 1.54 bits per heavy atom. The monoisotopic (exact) mass is 564 g/mol. The van der Waals surface area contributed by atoms with Crippen molar-refractivity contribution >= 4 is 62.4 Å². The molecule has 0 N–H and O–H groups in total. The molecule has 3 aromatic carbocycles. The second-order valence-electron chi connectivity index (χ2n) is 5.72. The molecule has 1 atom stereocenters. The lowest BCUT2D eigenvalue weighted by molar-refractivity contribution is 0.541. The van der Waals surface area contributed by atoms with E-state index < -0.39 is 0 Å². The molecule has 128 valence electrons. The van der Waals surface area contributed by atoms with Crippen LogP contribution in [0.5, 0.6) is 0 Å². The summed E-state index contributed by atoms with van der Waals surface area (Å²) >= 11 is 4.68. The number of aromatic nitrogens is 3. The summed E-state index contributed by atoms with van der Waals surface area (Å²) in [5, 5.41) is 8.70. The molecule has 6 heteroatoms. The van der Waals surface area contributed by atoms with E-state index in [1.165, 1.54) is 3.57 Å². The maximum atomic E-state index is 4.90. The first-order chi connectivity index (χ1) is 12.7. The number of hydrogen-bond donors (Lipinski definition) is 0. The molecule has 0 aliphatic carbocycles. The molecular weight excluding hydrogens is 550 g/mol. The highest BCUT2D eigenvalue weighted by Crippen LogP contribution is 2.27. The number of rotatable bonds is 4. The minimum absolute atomic E-state index is 0.272. The largest absolute Gasteiger partial charge is 0.261 e. The van der Waals surface area contributed by atoms with Gasteiger partial charge in [-0.2, -0.15) is 0 Å². The van der Waals surface area contributed by atoms with Gasteiger partial charge in [0.1, 0.15) is 5.52 Å². The van der Waals surface area contributed by atoms with E-state index in [1.54, 1.807) is 0 Å². The molecule has 0 amide bonds. The number of aliphatic imine (C=N–C) groups is 1. The van der Waals surface area contributed by atoms with Crippen LogP contribution in [0, 0.1) is 7.14 Å². The van der Waals surface area contributed by atoms with Crippen molar-refractivity contribution in [3.8, 4) is 0 Å². The molecule has 0 fully saturated rings. The van der Waals surface area contributed by atoms with E-state index in [9.17, 15) is 0 Å². The standard InChI is InChI=1S/C20H14I2N4/c21-16-9-3-1-7-14(16)13-23-20(15-8-2-4-10-17(15)22)26-19-12-6-5-11-18(19)24-25-26/h1-13,20H/t20-/m0/s1. The smallest absolute Gasteiger partial charge is 0.170 e. The van der Waals surface area contributed by atoms with Crippen LogP contribution in [0.3, 0.4) is 0 Å². The number of nitrogens with zero attached hydrogens (tertiary/aromatic N) is 4. The molecule has 4 aromatic rings. The number of halogens is 2. The third-order valence-electron chi connectivity index (χ3n) is 4.05. The van der Waals surface area contributed by atoms with Gasteiger partial charge in [0.15, 0.2) is 6.17 Å². The van der Waals surface area contributed by atoms with Crippen LogP contribution in [0.15, 0.2) is 77.8 Å². The predicted octanol–water partition coefficient (Wildman–Crippen LogP) is 5.31. The molecule has 26 heavy (non-hydrogen) atoms. The van der Waals surface area contributed by atoms with Crippen LogP contribution >= 0.6 is 45.2 Å². The van der Waals surface area contributed by atoms with E-state index in [0.717, 1.165) is 25.7 Å². The summed E-state index contributed by atoms with van der Waals surface area (Å²) in [6.45, 7) is 0. The molecule has 0 bridgehead atoms. The van der Waals surface area contributed by atoms with Crippen molar-refractivity contribution in [2.45, 2.75) is 6.17 Å². The number of hydrogen-bond acceptors (Lipinski definition) is 3. The first-order valence-electron chi connectivity index (χ1n) is 8.06. The lowest BCUT2D eigenvalue weighted by Crippen LogP contribution is -2.12. The average Bonchev–Trinajstić information content (AvgIpc) is 3.09. The van der Waals surface area contributed by atoms with E-state index in [0.29, 0.717) is 0 Å². The van der Waals surface area contributed by atoms with Crippen molar-refractivity contribution in [2.24, 2.45) is 4.99 Å². The van der Waals surface area contributed by atoms with Gasteiger partial charge in [-0.05, 0) is 69.4 Å². The van der Waals surface area contributed by atoms with Crippen LogP contribution in [0.4, 0.5) is 0 Å². The highest BCUT2D eigenvalue weighted by molar-refractivity contribution is 14.1. The molecule has 4 nitrogen and oxygen atoms in total. The first kappa shape index (κ1) is 17.6. The summed E-state index contributed by atoms with van der Waals surface area (Å²) in [7, 11) is 0. The van der Waals surface area contributed by atoms with E-state index in [-0.39, 0.29) is 6.17 Å². The first-order valence-corrected chi connectivity index (χ1v) is 10.2. The zero-order chi connectivity index (χ0) is 17.9. The van der Waals surface area contributed by atoms with Gasteiger partial charge in [-0.25, -0.2) is 4.68 Å². The topological polar surface area (TPSA) is 43.1 Å². The van der Waals surface area contributed by atoms with Crippen molar-refractivity contribution in [2.75, 3.05) is 0 Å². The minimum atomic E-state index is -0.272. The second kappa shape index (κ2) is 7.83. The maximum Gasteiger partial charge on any atom is 0.170 e. The van der Waals surface area contributed by atoms with Crippen LogP contribution < -0.4 is 0 Å². The van der Waals surface area contributed by atoms with Crippen molar-refractivity contribution in [1.29, 1.82) is 0 Å². The van der Waals surface area contributed by atoms with Crippen molar-refractivity contribution in [3.05, 3.63) is 91.1 Å². The predicted molar refractivity (Wildman–Crippen MR) is 122 cm³/mol. The van der Waals surface area contributed by atoms with Gasteiger partial charge in [0.25, 0.3) is 0 Å². The zero-order valence-electron chi connectivity index (χ0n) is 13.6. The number of para-hydroxylation sites is 1. The van der Waals surface area contributed by atoms with Crippen molar-refractivity contribution in [3.63, 3.8) is 0 Å². The number of benzene rings is 3. The summed E-state index contributed by atoms with van der Waals surface area (Å²) < 4.78 is 4.20. The molecule has 0 aliphatic rings. The van der Waals surface area contributed by atoms with Crippen LogP contribution in [0.25, 0.3) is 11.0 Å². The van der Waals surface area contributed by atoms with E-state index >= 15 is 0 Å². The van der Waals surface area contributed by atoms with Crippen LogP contribution in [0.2, 0.25) is 0 Å². The number of fused-ring (bicyclic) bond motifs is 1. The van der Waals surface area contributed by atoms with Crippen molar-refractivity contribution in [1.82, 2.24) is 15.0 Å². The summed E-state index contributed by atoms with van der Waals surface area (Å²) in [4.78, 5) is 4.90. The Morgan fingerprint density at radius 1 is 0.846 bits per heavy atom. The summed E-state index contributed by atoms with van der Waals surface area (Å²) in [5.74, 6) is 0. The van der Waals surface area contributed by atoms with E-state index in [2.05, 4.69) is 79.8 Å². The van der Waals surface area contributed by atoms with Gasteiger partial charge >= 0.3 is 0 Å². The highest BCUT2D eigenvalue weighted by Gasteiger charge is 2.18. The fourth-order valence-corrected chi connectivity index (χ4v) is 3.95. The van der Waals surface area contributed by atoms with E-state index in [4.69, 9.17) is 4.99 Å². The SMILES string of the molecule is Ic1ccccc1C=N[C@H](c1ccccc1I)n1nnc2ccccc21. The van der Waals surface area contributed by atoms with Gasteiger partial charge in [0.2, 0.25) is 0 Å². The Kier molecular flexibility index (Phi) is 5.30. The van der Waals surface area contributed by atoms with Crippen molar-refractivity contribution < 1.29 is 0 Å². The van der Waals surface area contributed by atoms with Gasteiger partial charge in [-0.3, -0.25) is 4.99 Å².